The van der Waals surface area contributed by atoms with Crippen LogP contribution < -0.4 is 0 Å². The van der Waals surface area contributed by atoms with Gasteiger partial charge in [0.2, 0.25) is 0 Å². The fourth-order valence-corrected chi connectivity index (χ4v) is 3.38. The molecule has 0 unspecified atom stereocenters. The second-order valence-corrected chi connectivity index (χ2v) is 7.06. The summed E-state index contributed by atoms with van der Waals surface area (Å²) in [5.74, 6) is 0. The Labute approximate surface area is 142 Å². The number of nitrogens with zero attached hydrogens (tertiary/aromatic N) is 1. The zero-order valence-electron chi connectivity index (χ0n) is 13.3. The Morgan fingerprint density at radius 3 is 1.62 bits per heavy atom. The molecule has 0 aromatic heterocycles. The van der Waals surface area contributed by atoms with Crippen LogP contribution in [0, 0.1) is 6.92 Å². The highest BCUT2D eigenvalue weighted by molar-refractivity contribution is 7.90. The topological polar surface area (TPSA) is 46.5 Å². The van der Waals surface area contributed by atoms with E-state index in [1.807, 2.05) is 67.6 Å². The molecule has 0 saturated heterocycles. The van der Waals surface area contributed by atoms with Gasteiger partial charge in [-0.3, -0.25) is 0 Å². The van der Waals surface area contributed by atoms with E-state index in [0.717, 1.165) is 16.7 Å². The van der Waals surface area contributed by atoms with E-state index < -0.39 is 10.0 Å². The van der Waals surface area contributed by atoms with E-state index in [9.17, 15) is 8.42 Å². The van der Waals surface area contributed by atoms with Crippen molar-refractivity contribution >= 4 is 15.7 Å². The Hall–Kier alpha value is -2.72. The Bertz CT molecular complexity index is 904. The first-order chi connectivity index (χ1) is 11.6. The molecule has 0 atom stereocenters. The maximum Gasteiger partial charge on any atom is 0.282 e. The van der Waals surface area contributed by atoms with Gasteiger partial charge in [-0.25, -0.2) is 0 Å². The quantitative estimate of drug-likeness (QED) is 0.670. The predicted molar refractivity (Wildman–Crippen MR) is 96.9 cm³/mol. The summed E-state index contributed by atoms with van der Waals surface area (Å²) in [4.78, 5) is 0.192. The van der Waals surface area contributed by atoms with Gasteiger partial charge in [0.1, 0.15) is 0 Å². The third-order valence-corrected chi connectivity index (χ3v) is 4.92. The van der Waals surface area contributed by atoms with Gasteiger partial charge in [0.25, 0.3) is 10.0 Å². The first-order valence-corrected chi connectivity index (χ1v) is 9.03. The molecule has 3 aromatic carbocycles. The van der Waals surface area contributed by atoms with Crippen molar-refractivity contribution in [1.82, 2.24) is 0 Å². The smallest absolute Gasteiger partial charge is 0.199 e. The highest BCUT2D eigenvalue weighted by Crippen LogP contribution is 2.18. The number of aryl methyl sites for hydroxylation is 1. The van der Waals surface area contributed by atoms with Crippen molar-refractivity contribution in [2.75, 3.05) is 0 Å². The second-order valence-electron chi connectivity index (χ2n) is 5.46. The first-order valence-electron chi connectivity index (χ1n) is 7.59. The summed E-state index contributed by atoms with van der Waals surface area (Å²) in [6.45, 7) is 1.92. The van der Waals surface area contributed by atoms with Gasteiger partial charge < -0.3 is 0 Å². The van der Waals surface area contributed by atoms with Crippen LogP contribution in [0.4, 0.5) is 0 Å². The van der Waals surface area contributed by atoms with Crippen molar-refractivity contribution < 1.29 is 8.42 Å². The molecule has 0 heterocycles. The molecule has 0 spiro atoms. The average Bonchev–Trinajstić information content (AvgIpc) is 2.62. The van der Waals surface area contributed by atoms with E-state index in [0.29, 0.717) is 5.71 Å². The summed E-state index contributed by atoms with van der Waals surface area (Å²) in [7, 11) is -3.78. The third kappa shape index (κ3) is 3.60. The van der Waals surface area contributed by atoms with Gasteiger partial charge in [0.15, 0.2) is 0 Å². The van der Waals surface area contributed by atoms with Crippen molar-refractivity contribution in [1.29, 1.82) is 0 Å². The molecule has 0 radical (unpaired) electrons. The van der Waals surface area contributed by atoms with Crippen LogP contribution in [0.3, 0.4) is 0 Å². The zero-order chi connectivity index (χ0) is 17.0. The lowest BCUT2D eigenvalue weighted by molar-refractivity contribution is 0.598. The third-order valence-electron chi connectivity index (χ3n) is 3.62. The molecule has 0 aliphatic heterocycles. The van der Waals surface area contributed by atoms with Crippen molar-refractivity contribution in [3.63, 3.8) is 0 Å². The number of hydrogen-bond acceptors (Lipinski definition) is 2. The Kier molecular flexibility index (Phi) is 4.58. The van der Waals surface area contributed by atoms with Crippen molar-refractivity contribution in [2.45, 2.75) is 11.8 Å². The fourth-order valence-electron chi connectivity index (χ4n) is 2.35. The van der Waals surface area contributed by atoms with E-state index in [1.54, 1.807) is 24.3 Å². The van der Waals surface area contributed by atoms with Gasteiger partial charge >= 0.3 is 0 Å². The van der Waals surface area contributed by atoms with Gasteiger partial charge in [-0.05, 0) is 19.1 Å². The van der Waals surface area contributed by atoms with E-state index in [2.05, 4.69) is 4.40 Å². The van der Waals surface area contributed by atoms with E-state index in [-0.39, 0.29) is 4.90 Å². The molecule has 24 heavy (non-hydrogen) atoms. The van der Waals surface area contributed by atoms with Crippen molar-refractivity contribution in [3.05, 3.63) is 102 Å². The van der Waals surface area contributed by atoms with Crippen molar-refractivity contribution in [3.8, 4) is 0 Å². The molecule has 0 amide bonds. The van der Waals surface area contributed by atoms with Crippen LogP contribution >= 0.6 is 0 Å². The molecule has 0 saturated carbocycles. The van der Waals surface area contributed by atoms with Gasteiger partial charge in [0.05, 0.1) is 10.6 Å². The van der Waals surface area contributed by atoms with Crippen LogP contribution in [0.25, 0.3) is 0 Å². The minimum Gasteiger partial charge on any atom is -0.199 e. The van der Waals surface area contributed by atoms with Crippen LogP contribution in [0.15, 0.2) is 94.2 Å². The Morgan fingerprint density at radius 2 is 1.17 bits per heavy atom. The minimum atomic E-state index is -3.78. The minimum absolute atomic E-state index is 0.192. The highest BCUT2D eigenvalue weighted by atomic mass is 32.2. The summed E-state index contributed by atoms with van der Waals surface area (Å²) in [6.07, 6.45) is 0. The normalized spacial score (nSPS) is 11.0. The number of benzene rings is 3. The standard InChI is InChI=1S/C20H17NO2S/c1-16-12-14-19(15-13-16)24(22,23)21-20(17-8-4-2-5-9-17)18-10-6-3-7-11-18/h2-15H,1H3. The molecular formula is C20H17NO2S. The highest BCUT2D eigenvalue weighted by Gasteiger charge is 2.16. The Balaban J connectivity index is 2.15. The molecule has 0 fully saturated rings. The molecular weight excluding hydrogens is 318 g/mol. The largest absolute Gasteiger partial charge is 0.282 e. The molecule has 0 aliphatic carbocycles. The van der Waals surface area contributed by atoms with Gasteiger partial charge in [-0.15, -0.1) is 0 Å². The number of rotatable bonds is 4. The van der Waals surface area contributed by atoms with Crippen molar-refractivity contribution in [2.24, 2.45) is 4.40 Å². The molecule has 3 rings (SSSR count). The van der Waals surface area contributed by atoms with E-state index in [4.69, 9.17) is 0 Å². The summed E-state index contributed by atoms with van der Waals surface area (Å²) in [5.41, 5.74) is 2.97. The lowest BCUT2D eigenvalue weighted by Crippen LogP contribution is -2.08. The van der Waals surface area contributed by atoms with Crippen LogP contribution in [0.2, 0.25) is 0 Å². The predicted octanol–water partition coefficient (Wildman–Crippen LogP) is 4.22. The number of hydrogen-bond donors (Lipinski definition) is 0. The lowest BCUT2D eigenvalue weighted by Gasteiger charge is -2.08. The maximum absolute atomic E-state index is 12.7. The second kappa shape index (κ2) is 6.81. The maximum atomic E-state index is 12.7. The summed E-state index contributed by atoms with van der Waals surface area (Å²) >= 11 is 0. The monoisotopic (exact) mass is 335 g/mol. The molecule has 120 valence electrons. The van der Waals surface area contributed by atoms with Crippen LogP contribution in [0.5, 0.6) is 0 Å². The van der Waals surface area contributed by atoms with Crippen LogP contribution in [-0.2, 0) is 10.0 Å². The molecule has 0 N–H and O–H groups in total. The SMILES string of the molecule is Cc1ccc(S(=O)(=O)N=C(c2ccccc2)c2ccccc2)cc1. The fraction of sp³-hybridized carbons (Fsp3) is 0.0500. The lowest BCUT2D eigenvalue weighted by atomic mass is 10.0. The number of sulfonamides is 1. The summed E-state index contributed by atoms with van der Waals surface area (Å²) in [5, 5.41) is 0. The molecule has 3 nitrogen and oxygen atoms in total. The molecule has 0 bridgehead atoms. The molecule has 3 aromatic rings. The first kappa shape index (κ1) is 16.1. The molecule has 0 aliphatic rings. The van der Waals surface area contributed by atoms with E-state index in [1.165, 1.54) is 0 Å². The average molecular weight is 335 g/mol. The summed E-state index contributed by atoms with van der Waals surface area (Å²) < 4.78 is 29.6. The summed E-state index contributed by atoms with van der Waals surface area (Å²) in [6, 6.07) is 25.4. The Morgan fingerprint density at radius 1 is 0.708 bits per heavy atom. The van der Waals surface area contributed by atoms with Crippen LogP contribution in [-0.4, -0.2) is 14.1 Å². The van der Waals surface area contributed by atoms with Crippen LogP contribution in [0.1, 0.15) is 16.7 Å². The zero-order valence-corrected chi connectivity index (χ0v) is 14.1. The van der Waals surface area contributed by atoms with Gasteiger partial charge in [0, 0.05) is 11.1 Å². The van der Waals surface area contributed by atoms with Gasteiger partial charge in [-0.1, -0.05) is 78.4 Å². The molecule has 4 heteroatoms. The van der Waals surface area contributed by atoms with E-state index >= 15 is 0 Å². The van der Waals surface area contributed by atoms with Gasteiger partial charge in [-0.2, -0.15) is 12.8 Å².